The van der Waals surface area contributed by atoms with Crippen LogP contribution in [0.25, 0.3) is 0 Å². The first-order chi connectivity index (χ1) is 6.95. The van der Waals surface area contributed by atoms with Gasteiger partial charge in [0.25, 0.3) is 0 Å². The summed E-state index contributed by atoms with van der Waals surface area (Å²) < 4.78 is 0. The number of nitrogens with one attached hydrogen (secondary N) is 1. The summed E-state index contributed by atoms with van der Waals surface area (Å²) in [5, 5.41) is 2.71. The van der Waals surface area contributed by atoms with Crippen molar-refractivity contribution in [3.05, 3.63) is 0 Å². The Bertz CT molecular complexity index is 217. The van der Waals surface area contributed by atoms with Crippen molar-refractivity contribution >= 4 is 11.8 Å². The highest BCUT2D eigenvalue weighted by Gasteiger charge is 2.16. The van der Waals surface area contributed by atoms with Crippen molar-refractivity contribution in [2.75, 3.05) is 20.6 Å². The number of unbranched alkanes of at least 4 members (excludes halogenated alkanes) is 1. The quantitative estimate of drug-likeness (QED) is 0.350. The van der Waals surface area contributed by atoms with Crippen LogP contribution in [0.15, 0.2) is 0 Å². The zero-order valence-electron chi connectivity index (χ0n) is 9.75. The molecule has 0 aliphatic carbocycles. The van der Waals surface area contributed by atoms with Gasteiger partial charge in [-0.3, -0.25) is 14.5 Å². The maximum atomic E-state index is 11.0. The summed E-state index contributed by atoms with van der Waals surface area (Å²) in [6.07, 6.45) is 2.49. The smallest absolute Gasteiger partial charge is 0.234 e. The minimum absolute atomic E-state index is 0.0194. The van der Waals surface area contributed by atoms with E-state index in [1.807, 2.05) is 19.0 Å². The molecule has 88 valence electrons. The molecule has 0 aromatic rings. The molecule has 0 saturated heterocycles. The second kappa shape index (κ2) is 7.23. The molecule has 0 aromatic heterocycles. The lowest BCUT2D eigenvalue weighted by Crippen LogP contribution is -2.40. The van der Waals surface area contributed by atoms with Crippen molar-refractivity contribution in [1.29, 1.82) is 0 Å². The Hall–Kier alpha value is -1.10. The van der Waals surface area contributed by atoms with Gasteiger partial charge in [0, 0.05) is 13.5 Å². The fraction of sp³-hybridized carbons (Fsp3) is 0.800. The molecule has 0 bridgehead atoms. The van der Waals surface area contributed by atoms with Gasteiger partial charge in [-0.15, -0.1) is 0 Å². The van der Waals surface area contributed by atoms with E-state index in [1.54, 1.807) is 0 Å². The van der Waals surface area contributed by atoms with E-state index in [1.165, 1.54) is 6.92 Å². The number of hydrogen-bond acceptors (Lipinski definition) is 3. The van der Waals surface area contributed by atoms with Gasteiger partial charge in [0.15, 0.2) is 0 Å². The monoisotopic (exact) mass is 218 g/mol. The molecule has 1 atom stereocenters. The van der Waals surface area contributed by atoms with Gasteiger partial charge in [0.1, 0.15) is 0 Å². The van der Waals surface area contributed by atoms with Gasteiger partial charge in [0.2, 0.25) is 11.8 Å². The van der Waals surface area contributed by atoms with Gasteiger partial charge < -0.3 is 11.1 Å². The number of carbonyl (C=O) groups excluding carboxylic acids is 2. The zero-order chi connectivity index (χ0) is 11.8. The summed E-state index contributed by atoms with van der Waals surface area (Å²) in [7, 11) is 3.67. The highest BCUT2D eigenvalue weighted by Crippen LogP contribution is 2.04. The van der Waals surface area contributed by atoms with Crippen molar-refractivity contribution in [3.63, 3.8) is 0 Å². The van der Waals surface area contributed by atoms with Crippen LogP contribution in [0.2, 0.25) is 0 Å². The first-order valence-corrected chi connectivity index (χ1v) is 5.15. The van der Waals surface area contributed by atoms with Gasteiger partial charge >= 0.3 is 0 Å². The number of primary amides is 1. The Morgan fingerprint density at radius 2 is 1.93 bits per heavy atom. The van der Waals surface area contributed by atoms with Crippen LogP contribution in [-0.4, -0.2) is 43.4 Å². The Kier molecular flexibility index (Phi) is 6.70. The van der Waals surface area contributed by atoms with Crippen molar-refractivity contribution in [1.82, 2.24) is 10.2 Å². The SMILES string of the molecule is CC(=O)[15NH][13CH2]CCCC(C([15NH2])=O)N(C)C. The van der Waals surface area contributed by atoms with Crippen LogP contribution in [0.5, 0.6) is 0 Å². The number of carbonyl (C=O) groups is 2. The lowest BCUT2D eigenvalue weighted by atomic mass is 10.1. The van der Waals surface area contributed by atoms with Crippen LogP contribution in [0.3, 0.4) is 0 Å². The minimum atomic E-state index is -0.292. The molecular formula is C10H21N3O2. The second-order valence-electron chi connectivity index (χ2n) is 3.86. The largest absolute Gasteiger partial charge is 0.368 e. The predicted octanol–water partition coefficient (Wildman–Crippen LogP) is -0.292. The van der Waals surface area contributed by atoms with E-state index in [4.69, 9.17) is 5.73 Å². The maximum absolute atomic E-state index is 11.0. The summed E-state index contributed by atoms with van der Waals surface area (Å²) in [4.78, 5) is 23.4. The van der Waals surface area contributed by atoms with E-state index in [2.05, 4.69) is 5.32 Å². The van der Waals surface area contributed by atoms with E-state index in [9.17, 15) is 9.59 Å². The zero-order valence-corrected chi connectivity index (χ0v) is 9.75. The van der Waals surface area contributed by atoms with E-state index >= 15 is 0 Å². The second-order valence-corrected chi connectivity index (χ2v) is 3.86. The topological polar surface area (TPSA) is 75.4 Å². The van der Waals surface area contributed by atoms with Crippen molar-refractivity contribution in [2.45, 2.75) is 32.2 Å². The number of nitrogens with two attached hydrogens (primary N) is 1. The van der Waals surface area contributed by atoms with Crippen LogP contribution >= 0.6 is 0 Å². The molecule has 0 radical (unpaired) electrons. The van der Waals surface area contributed by atoms with Gasteiger partial charge in [-0.05, 0) is 33.4 Å². The number of hydrogen-bond donors (Lipinski definition) is 2. The fourth-order valence-corrected chi connectivity index (χ4v) is 1.38. The van der Waals surface area contributed by atoms with E-state index in [-0.39, 0.29) is 17.9 Å². The average Bonchev–Trinajstić information content (AvgIpc) is 2.08. The molecule has 0 rings (SSSR count). The lowest BCUT2D eigenvalue weighted by Gasteiger charge is -2.20. The van der Waals surface area contributed by atoms with Gasteiger partial charge in [-0.25, -0.2) is 0 Å². The van der Waals surface area contributed by atoms with E-state index < -0.39 is 0 Å². The molecule has 0 aliphatic rings. The number of amides is 2. The third kappa shape index (κ3) is 6.90. The van der Waals surface area contributed by atoms with Crippen LogP contribution in [0.1, 0.15) is 26.2 Å². The first kappa shape index (κ1) is 13.9. The molecule has 0 spiro atoms. The van der Waals surface area contributed by atoms with Crippen molar-refractivity contribution in [3.8, 4) is 0 Å². The molecular weight excluding hydrogens is 197 g/mol. The highest BCUT2D eigenvalue weighted by molar-refractivity contribution is 5.79. The number of rotatable bonds is 7. The summed E-state index contributed by atoms with van der Waals surface area (Å²) >= 11 is 0. The summed E-state index contributed by atoms with van der Waals surface area (Å²) in [6.45, 7) is 2.15. The fourth-order valence-electron chi connectivity index (χ4n) is 1.38. The molecule has 0 saturated carbocycles. The minimum Gasteiger partial charge on any atom is -0.368 e. The molecule has 0 aliphatic heterocycles. The normalized spacial score (nSPS) is 12.5. The third-order valence-corrected chi connectivity index (χ3v) is 2.23. The van der Waals surface area contributed by atoms with E-state index in [0.29, 0.717) is 6.54 Å². The Balaban J connectivity index is 3.63. The molecule has 5 heteroatoms. The van der Waals surface area contributed by atoms with Crippen LogP contribution in [-0.2, 0) is 9.59 Å². The Labute approximate surface area is 91.0 Å². The highest BCUT2D eigenvalue weighted by atomic mass is 16.2. The molecule has 3 N–H and O–H groups in total. The van der Waals surface area contributed by atoms with Crippen molar-refractivity contribution < 1.29 is 9.59 Å². The Morgan fingerprint density at radius 1 is 1.33 bits per heavy atom. The molecule has 0 heterocycles. The molecule has 15 heavy (non-hydrogen) atoms. The third-order valence-electron chi connectivity index (χ3n) is 2.23. The molecule has 0 aromatic carbocycles. The molecule has 2 amide bonds. The lowest BCUT2D eigenvalue weighted by molar-refractivity contribution is -0.122. The summed E-state index contributed by atoms with van der Waals surface area (Å²) in [5.41, 5.74) is 5.25. The molecule has 5 nitrogen and oxygen atoms in total. The Morgan fingerprint density at radius 3 is 2.33 bits per heavy atom. The average molecular weight is 218 g/mol. The molecule has 0 fully saturated rings. The number of likely N-dealkylation sites (N-methyl/N-ethyl adjacent to an activating group) is 1. The molecule has 1 unspecified atom stereocenters. The summed E-state index contributed by atoms with van der Waals surface area (Å²) in [6, 6.07) is -0.206. The summed E-state index contributed by atoms with van der Waals surface area (Å²) in [5.74, 6) is -0.311. The van der Waals surface area contributed by atoms with Crippen LogP contribution in [0, 0.1) is 0 Å². The van der Waals surface area contributed by atoms with Gasteiger partial charge in [0.05, 0.1) is 6.04 Å². The standard InChI is InChI=1S/C10H21N3O2/c1-8(14)12-7-5-4-6-9(10(11)15)13(2)3/h9H,4-7H2,1-3H3,(H2,11,15)(H,12,14)/i7+1,11+1,12+1. The van der Waals surface area contributed by atoms with Crippen LogP contribution < -0.4 is 11.1 Å². The van der Waals surface area contributed by atoms with E-state index in [0.717, 1.165) is 19.3 Å². The van der Waals surface area contributed by atoms with Crippen molar-refractivity contribution in [2.24, 2.45) is 5.73 Å². The van der Waals surface area contributed by atoms with Gasteiger partial charge in [-0.2, -0.15) is 0 Å². The number of nitrogens with zero attached hydrogens (tertiary/aromatic N) is 1. The maximum Gasteiger partial charge on any atom is 0.234 e. The van der Waals surface area contributed by atoms with Crippen LogP contribution in [0.4, 0.5) is 0 Å². The van der Waals surface area contributed by atoms with Gasteiger partial charge in [-0.1, -0.05) is 0 Å². The first-order valence-electron chi connectivity index (χ1n) is 5.15. The predicted molar refractivity (Wildman–Crippen MR) is 59.2 cm³/mol.